The monoisotopic (exact) mass is 295 g/mol. The fourth-order valence-corrected chi connectivity index (χ4v) is 3.58. The molecule has 0 atom stereocenters. The number of sulfone groups is 1. The highest BCUT2D eigenvalue weighted by molar-refractivity contribution is 7.99. The minimum absolute atomic E-state index is 0.129. The molecule has 1 heterocycles. The molecule has 1 aliphatic rings. The second kappa shape index (κ2) is 5.92. The van der Waals surface area contributed by atoms with Gasteiger partial charge in [-0.1, -0.05) is 6.92 Å². The van der Waals surface area contributed by atoms with Crippen molar-refractivity contribution in [1.82, 2.24) is 5.32 Å². The lowest BCUT2D eigenvalue weighted by molar-refractivity contribution is -0.147. The third-order valence-corrected chi connectivity index (χ3v) is 5.49. The van der Waals surface area contributed by atoms with Crippen molar-refractivity contribution in [3.63, 3.8) is 0 Å². The van der Waals surface area contributed by atoms with E-state index in [2.05, 4.69) is 5.32 Å². The number of amides is 1. The molecule has 0 aromatic carbocycles. The first-order valence-corrected chi connectivity index (χ1v) is 8.61. The SMILES string of the molecule is CCS(=O)(=O)CC(=O)NC1(C(=O)O)CCSCC1. The average Bonchev–Trinajstić information content (AvgIpc) is 2.29. The van der Waals surface area contributed by atoms with E-state index >= 15 is 0 Å². The van der Waals surface area contributed by atoms with Crippen LogP contribution in [-0.4, -0.2) is 54.0 Å². The van der Waals surface area contributed by atoms with Gasteiger partial charge in [-0.05, 0) is 24.3 Å². The molecule has 0 radical (unpaired) electrons. The molecule has 0 bridgehead atoms. The molecule has 6 nitrogen and oxygen atoms in total. The molecule has 1 aliphatic heterocycles. The van der Waals surface area contributed by atoms with Crippen molar-refractivity contribution in [2.45, 2.75) is 25.3 Å². The number of carboxylic acid groups (broad SMARTS) is 1. The zero-order valence-electron chi connectivity index (χ0n) is 10.1. The maximum atomic E-state index is 11.6. The second-order valence-corrected chi connectivity index (χ2v) is 7.80. The Morgan fingerprint density at radius 3 is 2.33 bits per heavy atom. The quantitative estimate of drug-likeness (QED) is 0.734. The van der Waals surface area contributed by atoms with Gasteiger partial charge in [-0.3, -0.25) is 4.79 Å². The van der Waals surface area contributed by atoms with E-state index in [0.717, 1.165) is 0 Å². The summed E-state index contributed by atoms with van der Waals surface area (Å²) in [7, 11) is -3.43. The predicted molar refractivity (Wildman–Crippen MR) is 69.4 cm³/mol. The minimum Gasteiger partial charge on any atom is -0.480 e. The van der Waals surface area contributed by atoms with Crippen LogP contribution in [0.1, 0.15) is 19.8 Å². The maximum Gasteiger partial charge on any atom is 0.329 e. The van der Waals surface area contributed by atoms with Gasteiger partial charge in [-0.15, -0.1) is 0 Å². The second-order valence-electron chi connectivity index (χ2n) is 4.22. The molecule has 0 aromatic rings. The van der Waals surface area contributed by atoms with Gasteiger partial charge in [0.15, 0.2) is 9.84 Å². The fourth-order valence-electron chi connectivity index (χ4n) is 1.72. The van der Waals surface area contributed by atoms with Gasteiger partial charge < -0.3 is 10.4 Å². The van der Waals surface area contributed by atoms with Crippen molar-refractivity contribution >= 4 is 33.5 Å². The zero-order chi connectivity index (χ0) is 13.8. The van der Waals surface area contributed by atoms with Gasteiger partial charge in [-0.25, -0.2) is 13.2 Å². The molecule has 1 fully saturated rings. The largest absolute Gasteiger partial charge is 0.480 e. The van der Waals surface area contributed by atoms with E-state index in [1.807, 2.05) is 0 Å². The van der Waals surface area contributed by atoms with E-state index in [0.29, 0.717) is 24.3 Å². The Morgan fingerprint density at radius 2 is 1.89 bits per heavy atom. The summed E-state index contributed by atoms with van der Waals surface area (Å²) in [4.78, 5) is 22.9. The normalized spacial score (nSPS) is 19.2. The third kappa shape index (κ3) is 3.88. The summed E-state index contributed by atoms with van der Waals surface area (Å²) in [5.41, 5.74) is -1.30. The van der Waals surface area contributed by atoms with Crippen molar-refractivity contribution < 1.29 is 23.1 Å². The number of carbonyl (C=O) groups excluding carboxylic acids is 1. The number of rotatable bonds is 5. The molecule has 0 spiro atoms. The molecular weight excluding hydrogens is 278 g/mol. The van der Waals surface area contributed by atoms with Crippen LogP contribution in [0.5, 0.6) is 0 Å². The Morgan fingerprint density at radius 1 is 1.33 bits per heavy atom. The highest BCUT2D eigenvalue weighted by Crippen LogP contribution is 2.27. The molecule has 0 aromatic heterocycles. The van der Waals surface area contributed by atoms with E-state index in [1.165, 1.54) is 6.92 Å². The Bertz CT molecular complexity index is 426. The molecule has 1 saturated heterocycles. The Labute approximate surface area is 110 Å². The number of hydrogen-bond donors (Lipinski definition) is 2. The highest BCUT2D eigenvalue weighted by Gasteiger charge is 2.41. The number of nitrogens with one attached hydrogen (secondary N) is 1. The van der Waals surface area contributed by atoms with Crippen LogP contribution in [-0.2, 0) is 19.4 Å². The fraction of sp³-hybridized carbons (Fsp3) is 0.800. The van der Waals surface area contributed by atoms with Crippen LogP contribution < -0.4 is 5.32 Å². The van der Waals surface area contributed by atoms with Crippen molar-refractivity contribution in [3.05, 3.63) is 0 Å². The third-order valence-electron chi connectivity index (χ3n) is 2.93. The van der Waals surface area contributed by atoms with E-state index < -0.39 is 33.0 Å². The Kier molecular flexibility index (Phi) is 5.03. The number of carbonyl (C=O) groups is 2. The number of carboxylic acids is 1. The van der Waals surface area contributed by atoms with Gasteiger partial charge in [0, 0.05) is 5.75 Å². The van der Waals surface area contributed by atoms with E-state index in [-0.39, 0.29) is 5.75 Å². The number of aliphatic carboxylic acids is 1. The molecule has 104 valence electrons. The average molecular weight is 295 g/mol. The standard InChI is InChI=1S/C10H17NO5S2/c1-2-18(15,16)7-8(12)11-10(9(13)14)3-5-17-6-4-10/h2-7H2,1H3,(H,11,12)(H,13,14). The number of hydrogen-bond acceptors (Lipinski definition) is 5. The van der Waals surface area contributed by atoms with Crippen LogP contribution in [0.4, 0.5) is 0 Å². The van der Waals surface area contributed by atoms with Crippen molar-refractivity contribution in [2.75, 3.05) is 23.0 Å². The first-order chi connectivity index (χ1) is 8.31. The Hall–Kier alpha value is -0.760. The van der Waals surface area contributed by atoms with Gasteiger partial charge in [0.25, 0.3) is 0 Å². The summed E-state index contributed by atoms with van der Waals surface area (Å²) < 4.78 is 22.6. The molecular formula is C10H17NO5S2. The van der Waals surface area contributed by atoms with Crippen molar-refractivity contribution in [1.29, 1.82) is 0 Å². The maximum absolute atomic E-state index is 11.6. The lowest BCUT2D eigenvalue weighted by atomic mass is 9.92. The van der Waals surface area contributed by atoms with E-state index in [9.17, 15) is 23.1 Å². The molecule has 1 rings (SSSR count). The molecule has 0 aliphatic carbocycles. The van der Waals surface area contributed by atoms with Gasteiger partial charge >= 0.3 is 5.97 Å². The van der Waals surface area contributed by atoms with Gasteiger partial charge in [-0.2, -0.15) is 11.8 Å². The van der Waals surface area contributed by atoms with Crippen LogP contribution in [0.25, 0.3) is 0 Å². The topological polar surface area (TPSA) is 101 Å². The smallest absolute Gasteiger partial charge is 0.329 e. The van der Waals surface area contributed by atoms with E-state index in [4.69, 9.17) is 0 Å². The van der Waals surface area contributed by atoms with Crippen LogP contribution in [0.2, 0.25) is 0 Å². The van der Waals surface area contributed by atoms with Crippen LogP contribution in [0.3, 0.4) is 0 Å². The summed E-state index contributed by atoms with van der Waals surface area (Å²) in [6.07, 6.45) is 0.649. The van der Waals surface area contributed by atoms with Gasteiger partial charge in [0.1, 0.15) is 11.3 Å². The van der Waals surface area contributed by atoms with Gasteiger partial charge in [0.2, 0.25) is 5.91 Å². The molecule has 2 N–H and O–H groups in total. The zero-order valence-corrected chi connectivity index (χ0v) is 11.8. The summed E-state index contributed by atoms with van der Waals surface area (Å²) >= 11 is 1.63. The van der Waals surface area contributed by atoms with Crippen LogP contribution in [0.15, 0.2) is 0 Å². The molecule has 0 saturated carbocycles. The lowest BCUT2D eigenvalue weighted by Crippen LogP contribution is -2.57. The number of thioether (sulfide) groups is 1. The van der Waals surface area contributed by atoms with Crippen LogP contribution >= 0.6 is 11.8 Å². The summed E-state index contributed by atoms with van der Waals surface area (Å²) in [5, 5.41) is 11.6. The molecule has 8 heteroatoms. The van der Waals surface area contributed by atoms with E-state index in [1.54, 1.807) is 11.8 Å². The molecule has 0 unspecified atom stereocenters. The molecule has 18 heavy (non-hydrogen) atoms. The minimum atomic E-state index is -3.43. The summed E-state index contributed by atoms with van der Waals surface area (Å²) in [6, 6.07) is 0. The van der Waals surface area contributed by atoms with Gasteiger partial charge in [0.05, 0.1) is 0 Å². The highest BCUT2D eigenvalue weighted by atomic mass is 32.2. The van der Waals surface area contributed by atoms with Crippen molar-refractivity contribution in [2.24, 2.45) is 0 Å². The first-order valence-electron chi connectivity index (χ1n) is 5.64. The summed E-state index contributed by atoms with van der Waals surface area (Å²) in [6.45, 7) is 1.45. The first kappa shape index (κ1) is 15.3. The lowest BCUT2D eigenvalue weighted by Gasteiger charge is -2.33. The Balaban J connectivity index is 2.73. The van der Waals surface area contributed by atoms with Crippen molar-refractivity contribution in [3.8, 4) is 0 Å². The molecule has 1 amide bonds. The summed E-state index contributed by atoms with van der Waals surface area (Å²) in [5.74, 6) is -1.31. The van der Waals surface area contributed by atoms with Crippen LogP contribution in [0, 0.1) is 0 Å². The predicted octanol–water partition coefficient (Wildman–Crippen LogP) is -0.112.